The third kappa shape index (κ3) is 2.21. The minimum Gasteiger partial charge on any atom is -0.478 e. The van der Waals surface area contributed by atoms with Gasteiger partial charge in [0.15, 0.2) is 0 Å². The Morgan fingerprint density at radius 3 is 2.89 bits per heavy atom. The monoisotopic (exact) mass is 260 g/mol. The summed E-state index contributed by atoms with van der Waals surface area (Å²) in [5.74, 6) is -0.803. The molecule has 1 fully saturated rings. The Morgan fingerprint density at radius 2 is 2.21 bits per heavy atom. The first-order chi connectivity index (χ1) is 9.16. The Balaban J connectivity index is 1.96. The summed E-state index contributed by atoms with van der Waals surface area (Å²) in [6, 6.07) is 6.22. The van der Waals surface area contributed by atoms with Gasteiger partial charge in [0.05, 0.1) is 5.56 Å². The van der Waals surface area contributed by atoms with Crippen molar-refractivity contribution in [3.05, 3.63) is 29.3 Å². The number of anilines is 1. The minimum absolute atomic E-state index is 0.480. The Kier molecular flexibility index (Phi) is 3.19. The van der Waals surface area contributed by atoms with E-state index in [0.29, 0.717) is 11.6 Å². The summed E-state index contributed by atoms with van der Waals surface area (Å²) in [5.41, 5.74) is 2.65. The van der Waals surface area contributed by atoms with Crippen LogP contribution in [0.4, 0.5) is 5.69 Å². The summed E-state index contributed by atoms with van der Waals surface area (Å²) in [6.45, 7) is 3.26. The molecule has 1 unspecified atom stereocenters. The number of benzene rings is 1. The molecule has 0 aromatic heterocycles. The number of carboxylic acid groups (broad SMARTS) is 1. The molecule has 0 spiro atoms. The van der Waals surface area contributed by atoms with E-state index in [1.54, 1.807) is 6.07 Å². The summed E-state index contributed by atoms with van der Waals surface area (Å²) in [5, 5.41) is 9.31. The van der Waals surface area contributed by atoms with Crippen molar-refractivity contribution in [2.45, 2.75) is 25.3 Å². The molecule has 0 amide bonds. The second-order valence-corrected chi connectivity index (χ2v) is 5.61. The van der Waals surface area contributed by atoms with Gasteiger partial charge in [0.1, 0.15) is 0 Å². The van der Waals surface area contributed by atoms with Gasteiger partial charge < -0.3 is 14.9 Å². The van der Waals surface area contributed by atoms with Gasteiger partial charge in [-0.3, -0.25) is 0 Å². The number of hydrogen-bond acceptors (Lipinski definition) is 3. The van der Waals surface area contributed by atoms with Crippen LogP contribution in [0.25, 0.3) is 0 Å². The average Bonchev–Trinajstić information content (AvgIpc) is 2.83. The van der Waals surface area contributed by atoms with Crippen molar-refractivity contribution in [3.8, 4) is 0 Å². The lowest BCUT2D eigenvalue weighted by Crippen LogP contribution is -2.40. The minimum atomic E-state index is -0.803. The molecule has 1 saturated heterocycles. The maximum atomic E-state index is 11.3. The summed E-state index contributed by atoms with van der Waals surface area (Å²) >= 11 is 0. The highest BCUT2D eigenvalue weighted by molar-refractivity contribution is 5.91. The lowest BCUT2D eigenvalue weighted by molar-refractivity contribution is 0.0695. The van der Waals surface area contributed by atoms with Gasteiger partial charge in [-0.05, 0) is 50.6 Å². The van der Waals surface area contributed by atoms with Crippen LogP contribution in [0.3, 0.4) is 0 Å². The smallest absolute Gasteiger partial charge is 0.336 e. The summed E-state index contributed by atoms with van der Waals surface area (Å²) in [7, 11) is 2.15. The molecule has 1 aromatic carbocycles. The average molecular weight is 260 g/mol. The van der Waals surface area contributed by atoms with Gasteiger partial charge in [-0.1, -0.05) is 6.07 Å². The van der Waals surface area contributed by atoms with E-state index in [-0.39, 0.29) is 0 Å². The van der Waals surface area contributed by atoms with Crippen LogP contribution in [-0.2, 0) is 6.42 Å². The molecule has 2 aliphatic rings. The van der Waals surface area contributed by atoms with Crippen molar-refractivity contribution in [3.63, 3.8) is 0 Å². The van der Waals surface area contributed by atoms with Crippen molar-refractivity contribution in [2.24, 2.45) is 0 Å². The van der Waals surface area contributed by atoms with E-state index in [1.165, 1.54) is 6.42 Å². The van der Waals surface area contributed by atoms with Gasteiger partial charge in [0.2, 0.25) is 0 Å². The quantitative estimate of drug-likeness (QED) is 0.881. The Morgan fingerprint density at radius 1 is 1.37 bits per heavy atom. The molecule has 0 saturated carbocycles. The van der Waals surface area contributed by atoms with Crippen LogP contribution in [0.2, 0.25) is 0 Å². The highest BCUT2D eigenvalue weighted by Crippen LogP contribution is 2.33. The molecule has 4 heteroatoms. The number of hydrogen-bond donors (Lipinski definition) is 1. The molecular weight excluding hydrogens is 240 g/mol. The molecule has 1 N–H and O–H groups in total. The largest absolute Gasteiger partial charge is 0.478 e. The highest BCUT2D eigenvalue weighted by atomic mass is 16.4. The van der Waals surface area contributed by atoms with Crippen molar-refractivity contribution in [2.75, 3.05) is 31.6 Å². The van der Waals surface area contributed by atoms with E-state index >= 15 is 0 Å². The zero-order valence-electron chi connectivity index (χ0n) is 11.3. The normalized spacial score (nSPS) is 23.4. The van der Waals surface area contributed by atoms with Crippen molar-refractivity contribution >= 4 is 11.7 Å². The third-order valence-corrected chi connectivity index (χ3v) is 4.32. The van der Waals surface area contributed by atoms with Gasteiger partial charge in [0, 0.05) is 24.8 Å². The van der Waals surface area contributed by atoms with Crippen LogP contribution in [0.5, 0.6) is 0 Å². The maximum absolute atomic E-state index is 11.3. The van der Waals surface area contributed by atoms with E-state index in [0.717, 1.165) is 43.7 Å². The number of rotatable bonds is 2. The zero-order valence-corrected chi connectivity index (χ0v) is 11.3. The van der Waals surface area contributed by atoms with Crippen LogP contribution in [0, 0.1) is 0 Å². The number of aromatic carboxylic acids is 1. The van der Waals surface area contributed by atoms with Gasteiger partial charge in [-0.15, -0.1) is 0 Å². The number of carboxylic acids is 1. The van der Waals surface area contributed by atoms with E-state index in [1.807, 2.05) is 6.07 Å². The first kappa shape index (κ1) is 12.5. The summed E-state index contributed by atoms with van der Waals surface area (Å²) in [6.07, 6.45) is 3.11. The second-order valence-electron chi connectivity index (χ2n) is 5.61. The standard InChI is InChI=1S/C15H20N2O2/c1-16-9-7-11(10-16)17-8-3-5-12-13(15(18)19)4-2-6-14(12)17/h2,4,6,11H,3,5,7-10H2,1H3,(H,18,19). The SMILES string of the molecule is CN1CCC(N2CCCc3c(C(=O)O)cccc32)C1. The summed E-state index contributed by atoms with van der Waals surface area (Å²) < 4.78 is 0. The summed E-state index contributed by atoms with van der Waals surface area (Å²) in [4.78, 5) is 16.1. The zero-order chi connectivity index (χ0) is 13.4. The molecule has 0 bridgehead atoms. The van der Waals surface area contributed by atoms with Crippen molar-refractivity contribution in [1.29, 1.82) is 0 Å². The van der Waals surface area contributed by atoms with Crippen LogP contribution in [-0.4, -0.2) is 48.7 Å². The molecule has 1 atom stereocenters. The molecule has 2 heterocycles. The topological polar surface area (TPSA) is 43.8 Å². The highest BCUT2D eigenvalue weighted by Gasteiger charge is 2.30. The molecule has 3 rings (SSSR count). The first-order valence-electron chi connectivity index (χ1n) is 6.97. The lowest BCUT2D eigenvalue weighted by Gasteiger charge is -2.36. The predicted octanol–water partition coefficient (Wildman–Crippen LogP) is 1.84. The van der Waals surface area contributed by atoms with Gasteiger partial charge in [0.25, 0.3) is 0 Å². The molecular formula is C15H20N2O2. The Hall–Kier alpha value is -1.55. The number of fused-ring (bicyclic) bond motifs is 1. The molecule has 0 radical (unpaired) electrons. The maximum Gasteiger partial charge on any atom is 0.336 e. The molecule has 102 valence electrons. The lowest BCUT2D eigenvalue weighted by atomic mass is 9.95. The van der Waals surface area contributed by atoms with E-state index in [9.17, 15) is 9.90 Å². The van der Waals surface area contributed by atoms with Crippen molar-refractivity contribution in [1.82, 2.24) is 4.90 Å². The third-order valence-electron chi connectivity index (χ3n) is 4.32. The van der Waals surface area contributed by atoms with E-state index in [4.69, 9.17) is 0 Å². The van der Waals surface area contributed by atoms with Crippen LogP contribution < -0.4 is 4.90 Å². The fourth-order valence-electron chi connectivity index (χ4n) is 3.40. The fourth-order valence-corrected chi connectivity index (χ4v) is 3.40. The van der Waals surface area contributed by atoms with Crippen LogP contribution >= 0.6 is 0 Å². The van der Waals surface area contributed by atoms with Crippen LogP contribution in [0.1, 0.15) is 28.8 Å². The van der Waals surface area contributed by atoms with Crippen molar-refractivity contribution < 1.29 is 9.90 Å². The van der Waals surface area contributed by atoms with Crippen LogP contribution in [0.15, 0.2) is 18.2 Å². The number of carbonyl (C=O) groups is 1. The first-order valence-corrected chi connectivity index (χ1v) is 6.97. The molecule has 19 heavy (non-hydrogen) atoms. The van der Waals surface area contributed by atoms with E-state index < -0.39 is 5.97 Å². The number of likely N-dealkylation sites (N-methyl/N-ethyl adjacent to an activating group) is 1. The number of nitrogens with zero attached hydrogens (tertiary/aromatic N) is 2. The molecule has 0 aliphatic carbocycles. The predicted molar refractivity (Wildman–Crippen MR) is 75.0 cm³/mol. The molecule has 2 aliphatic heterocycles. The number of likely N-dealkylation sites (tertiary alicyclic amines) is 1. The second kappa shape index (κ2) is 4.85. The Labute approximate surface area is 113 Å². The van der Waals surface area contributed by atoms with Gasteiger partial charge >= 0.3 is 5.97 Å². The van der Waals surface area contributed by atoms with Gasteiger partial charge in [-0.2, -0.15) is 0 Å². The molecule has 1 aromatic rings. The van der Waals surface area contributed by atoms with E-state index in [2.05, 4.69) is 22.9 Å². The molecule has 4 nitrogen and oxygen atoms in total. The Bertz CT molecular complexity index is 501. The fraction of sp³-hybridized carbons (Fsp3) is 0.533. The van der Waals surface area contributed by atoms with Gasteiger partial charge in [-0.25, -0.2) is 4.79 Å².